The number of fused-ring (bicyclic) bond motifs is 1. The van der Waals surface area contributed by atoms with Gasteiger partial charge in [-0.25, -0.2) is 9.18 Å². The largest absolute Gasteiger partial charge is 0.464 e. The zero-order valence-corrected chi connectivity index (χ0v) is 17.4. The van der Waals surface area contributed by atoms with Crippen LogP contribution in [0.25, 0.3) is 10.2 Å². The molecule has 0 unspecified atom stereocenters. The number of anilines is 1. The summed E-state index contributed by atoms with van der Waals surface area (Å²) in [5.74, 6) is -1.32. The highest BCUT2D eigenvalue weighted by Gasteiger charge is 2.25. The molecule has 0 bridgehead atoms. The molecule has 0 aliphatic heterocycles. The van der Waals surface area contributed by atoms with Gasteiger partial charge in [0, 0.05) is 13.6 Å². The first kappa shape index (κ1) is 19.8. The van der Waals surface area contributed by atoms with Crippen molar-refractivity contribution in [2.45, 2.75) is 13.5 Å². The Hall–Kier alpha value is -3.46. The molecular weight excluding hydrogens is 407 g/mol. The maximum Gasteiger partial charge on any atom is 0.358 e. The summed E-state index contributed by atoms with van der Waals surface area (Å²) in [5.41, 5.74) is 2.98. The van der Waals surface area contributed by atoms with Gasteiger partial charge >= 0.3 is 5.97 Å². The Morgan fingerprint density at radius 1 is 1.27 bits per heavy atom. The minimum Gasteiger partial charge on any atom is -0.464 e. The van der Waals surface area contributed by atoms with Crippen molar-refractivity contribution in [3.8, 4) is 0 Å². The molecule has 154 valence electrons. The van der Waals surface area contributed by atoms with Crippen molar-refractivity contribution in [3.05, 3.63) is 70.2 Å². The molecule has 9 heteroatoms. The van der Waals surface area contributed by atoms with Crippen LogP contribution in [0.5, 0.6) is 0 Å². The predicted molar refractivity (Wildman–Crippen MR) is 113 cm³/mol. The number of aryl methyl sites for hydroxylation is 2. The second kappa shape index (κ2) is 7.75. The van der Waals surface area contributed by atoms with E-state index in [0.717, 1.165) is 15.8 Å². The van der Waals surface area contributed by atoms with Crippen LogP contribution in [0.4, 0.5) is 10.1 Å². The second-order valence-corrected chi connectivity index (χ2v) is 7.74. The molecule has 0 fully saturated rings. The number of halogens is 1. The first-order chi connectivity index (χ1) is 14.4. The van der Waals surface area contributed by atoms with E-state index in [9.17, 15) is 14.0 Å². The number of carbonyl (C=O) groups excluding carboxylic acids is 2. The number of nitrogens with one attached hydrogen (secondary N) is 1. The molecule has 1 aromatic carbocycles. The number of hydrogen-bond acceptors (Lipinski definition) is 5. The smallest absolute Gasteiger partial charge is 0.358 e. The average molecular weight is 426 g/mol. The summed E-state index contributed by atoms with van der Waals surface area (Å²) in [5, 5.41) is 8.96. The SMILES string of the molecule is COC(=O)c1c(NC(=O)c2cc3sccc3n2Cc2cccc(F)c2)c(C)nn1C. The third-order valence-electron chi connectivity index (χ3n) is 4.82. The number of carbonyl (C=O) groups is 2. The molecule has 0 saturated heterocycles. The highest BCUT2D eigenvalue weighted by molar-refractivity contribution is 7.17. The number of benzene rings is 1. The van der Waals surface area contributed by atoms with E-state index in [1.165, 1.54) is 35.3 Å². The zero-order valence-electron chi connectivity index (χ0n) is 16.6. The number of ether oxygens (including phenoxy) is 1. The lowest BCUT2D eigenvalue weighted by Gasteiger charge is -2.12. The van der Waals surface area contributed by atoms with E-state index in [-0.39, 0.29) is 11.5 Å². The number of esters is 1. The molecule has 7 nitrogen and oxygen atoms in total. The molecule has 1 N–H and O–H groups in total. The molecule has 4 rings (SSSR count). The molecule has 0 atom stereocenters. The lowest BCUT2D eigenvalue weighted by Crippen LogP contribution is -2.20. The van der Waals surface area contributed by atoms with Gasteiger partial charge in [-0.1, -0.05) is 12.1 Å². The van der Waals surface area contributed by atoms with Crippen LogP contribution < -0.4 is 5.32 Å². The van der Waals surface area contributed by atoms with Gasteiger partial charge in [0.2, 0.25) is 0 Å². The fraction of sp³-hybridized carbons (Fsp3) is 0.190. The average Bonchev–Trinajstić information content (AvgIpc) is 3.36. The van der Waals surface area contributed by atoms with Gasteiger partial charge in [-0.2, -0.15) is 5.10 Å². The number of rotatable bonds is 5. The third-order valence-corrected chi connectivity index (χ3v) is 5.68. The Morgan fingerprint density at radius 3 is 2.80 bits per heavy atom. The number of amides is 1. The fourth-order valence-corrected chi connectivity index (χ4v) is 4.29. The molecule has 0 saturated carbocycles. The summed E-state index contributed by atoms with van der Waals surface area (Å²) in [6.07, 6.45) is 0. The van der Waals surface area contributed by atoms with Crippen molar-refractivity contribution in [2.75, 3.05) is 12.4 Å². The van der Waals surface area contributed by atoms with Crippen LogP contribution in [0.2, 0.25) is 0 Å². The number of hydrogen-bond donors (Lipinski definition) is 1. The van der Waals surface area contributed by atoms with Gasteiger partial charge in [0.1, 0.15) is 11.5 Å². The number of aromatic nitrogens is 3. The van der Waals surface area contributed by atoms with Crippen LogP contribution in [0.1, 0.15) is 32.2 Å². The van der Waals surface area contributed by atoms with Crippen molar-refractivity contribution >= 4 is 39.1 Å². The molecule has 3 aromatic heterocycles. The number of nitrogens with zero attached hydrogens (tertiary/aromatic N) is 3. The van der Waals surface area contributed by atoms with Crippen molar-refractivity contribution < 1.29 is 18.7 Å². The van der Waals surface area contributed by atoms with Gasteiger partial charge in [-0.3, -0.25) is 9.48 Å². The van der Waals surface area contributed by atoms with Crippen molar-refractivity contribution in [2.24, 2.45) is 7.05 Å². The maximum absolute atomic E-state index is 13.7. The lowest BCUT2D eigenvalue weighted by atomic mass is 10.2. The van der Waals surface area contributed by atoms with Crippen molar-refractivity contribution in [1.82, 2.24) is 14.3 Å². The first-order valence-corrected chi connectivity index (χ1v) is 10.0. The highest BCUT2D eigenvalue weighted by atomic mass is 32.1. The van der Waals surface area contributed by atoms with E-state index in [1.54, 1.807) is 26.1 Å². The predicted octanol–water partition coefficient (Wildman–Crippen LogP) is 3.97. The monoisotopic (exact) mass is 426 g/mol. The van der Waals surface area contributed by atoms with E-state index in [1.807, 2.05) is 22.1 Å². The standard InChI is InChI=1S/C21H19FN4O3S/c1-12-18(19(21(28)29-3)25(2)24-12)23-20(27)16-10-17-15(7-8-30-17)26(16)11-13-5-4-6-14(22)9-13/h4-10H,11H2,1-3H3,(H,23,27). The molecule has 0 spiro atoms. The quantitative estimate of drug-likeness (QED) is 0.490. The third kappa shape index (κ3) is 3.48. The fourth-order valence-electron chi connectivity index (χ4n) is 3.47. The van der Waals surface area contributed by atoms with Crippen LogP contribution in [0, 0.1) is 12.7 Å². The van der Waals surface area contributed by atoms with Crippen LogP contribution in [-0.4, -0.2) is 33.3 Å². The van der Waals surface area contributed by atoms with Crippen molar-refractivity contribution in [3.63, 3.8) is 0 Å². The van der Waals surface area contributed by atoms with E-state index >= 15 is 0 Å². The summed E-state index contributed by atoms with van der Waals surface area (Å²) in [6, 6.07) is 9.99. The van der Waals surface area contributed by atoms with Gasteiger partial charge in [0.05, 0.1) is 28.7 Å². The topological polar surface area (TPSA) is 78.2 Å². The molecular formula is C21H19FN4O3S. The molecule has 30 heavy (non-hydrogen) atoms. The summed E-state index contributed by atoms with van der Waals surface area (Å²) >= 11 is 1.51. The van der Waals surface area contributed by atoms with E-state index < -0.39 is 11.9 Å². The Balaban J connectivity index is 1.73. The van der Waals surface area contributed by atoms with E-state index in [4.69, 9.17) is 4.74 Å². The van der Waals surface area contributed by atoms with Gasteiger partial charge < -0.3 is 14.6 Å². The Kier molecular flexibility index (Phi) is 5.13. The number of thiophene rings is 1. The summed E-state index contributed by atoms with van der Waals surface area (Å²) in [7, 11) is 2.88. The minimum absolute atomic E-state index is 0.161. The van der Waals surface area contributed by atoms with Crippen LogP contribution >= 0.6 is 11.3 Å². The Labute approximate surface area is 175 Å². The number of methoxy groups -OCH3 is 1. The van der Waals surface area contributed by atoms with Crippen molar-refractivity contribution in [1.29, 1.82) is 0 Å². The molecule has 3 heterocycles. The summed E-state index contributed by atoms with van der Waals surface area (Å²) in [4.78, 5) is 25.3. The lowest BCUT2D eigenvalue weighted by molar-refractivity contribution is 0.0589. The van der Waals surface area contributed by atoms with Gasteiger partial charge in [0.15, 0.2) is 5.69 Å². The second-order valence-electron chi connectivity index (χ2n) is 6.79. The zero-order chi connectivity index (χ0) is 21.4. The summed E-state index contributed by atoms with van der Waals surface area (Å²) in [6.45, 7) is 2.03. The van der Waals surface area contributed by atoms with Gasteiger partial charge in [-0.15, -0.1) is 11.3 Å². The van der Waals surface area contributed by atoms with Crippen LogP contribution in [0.15, 0.2) is 41.8 Å². The summed E-state index contributed by atoms with van der Waals surface area (Å²) < 4.78 is 22.6. The minimum atomic E-state index is -0.593. The van der Waals surface area contributed by atoms with Gasteiger partial charge in [-0.05, 0) is 42.1 Å². The molecule has 1 amide bonds. The van der Waals surface area contributed by atoms with E-state index in [2.05, 4.69) is 10.4 Å². The molecule has 4 aromatic rings. The molecule has 0 aliphatic carbocycles. The Morgan fingerprint density at radius 2 is 2.07 bits per heavy atom. The van der Waals surface area contributed by atoms with E-state index in [0.29, 0.717) is 23.6 Å². The first-order valence-electron chi connectivity index (χ1n) is 9.13. The molecule has 0 aliphatic rings. The Bertz CT molecular complexity index is 1270. The normalized spacial score (nSPS) is 11.1. The molecule has 0 radical (unpaired) electrons. The van der Waals surface area contributed by atoms with Crippen LogP contribution in [-0.2, 0) is 18.3 Å². The van der Waals surface area contributed by atoms with Crippen LogP contribution in [0.3, 0.4) is 0 Å². The maximum atomic E-state index is 13.7. The van der Waals surface area contributed by atoms with Gasteiger partial charge in [0.25, 0.3) is 5.91 Å². The highest BCUT2D eigenvalue weighted by Crippen LogP contribution is 2.28.